The summed E-state index contributed by atoms with van der Waals surface area (Å²) in [6.07, 6.45) is 3.24. The lowest BCUT2D eigenvalue weighted by Crippen LogP contribution is -2.06. The van der Waals surface area contributed by atoms with E-state index in [4.69, 9.17) is 17.3 Å². The van der Waals surface area contributed by atoms with Crippen LogP contribution in [0.15, 0.2) is 12.4 Å². The number of anilines is 1. The van der Waals surface area contributed by atoms with Gasteiger partial charge in [-0.2, -0.15) is 0 Å². The number of aromatic nitrogens is 5. The van der Waals surface area contributed by atoms with E-state index >= 15 is 0 Å². The summed E-state index contributed by atoms with van der Waals surface area (Å²) < 4.78 is 3.38. The molecule has 7 heteroatoms. The van der Waals surface area contributed by atoms with Crippen molar-refractivity contribution in [3.8, 4) is 0 Å². The van der Waals surface area contributed by atoms with Crippen LogP contribution >= 0.6 is 11.6 Å². The summed E-state index contributed by atoms with van der Waals surface area (Å²) in [6, 6.07) is 0. The van der Waals surface area contributed by atoms with Crippen molar-refractivity contribution in [1.29, 1.82) is 0 Å². The second-order valence-electron chi connectivity index (χ2n) is 2.90. The molecule has 0 saturated carbocycles. The molecular weight excluding hydrogens is 204 g/mol. The molecule has 0 aliphatic rings. The zero-order valence-electron chi connectivity index (χ0n) is 7.55. The van der Waals surface area contributed by atoms with Crippen LogP contribution in [-0.2, 0) is 13.6 Å². The summed E-state index contributed by atoms with van der Waals surface area (Å²) in [5.41, 5.74) is 5.43. The molecule has 0 amide bonds. The Bertz CT molecular complexity index is 445. The molecule has 0 atom stereocenters. The number of nitrogens with zero attached hydrogens (tertiary/aromatic N) is 5. The minimum Gasteiger partial charge on any atom is -0.381 e. The van der Waals surface area contributed by atoms with E-state index in [1.54, 1.807) is 21.6 Å². The average molecular weight is 213 g/mol. The summed E-state index contributed by atoms with van der Waals surface area (Å²) in [6.45, 7) is 0.507. The fraction of sp³-hybridized carbons (Fsp3) is 0.286. The van der Waals surface area contributed by atoms with Crippen molar-refractivity contribution in [1.82, 2.24) is 24.5 Å². The van der Waals surface area contributed by atoms with Crippen LogP contribution in [0.2, 0.25) is 5.15 Å². The number of nitrogens with two attached hydrogens (primary N) is 1. The number of halogens is 1. The van der Waals surface area contributed by atoms with Gasteiger partial charge in [0.25, 0.3) is 0 Å². The molecule has 74 valence electrons. The molecule has 14 heavy (non-hydrogen) atoms. The van der Waals surface area contributed by atoms with E-state index < -0.39 is 0 Å². The monoisotopic (exact) mass is 212 g/mol. The first-order chi connectivity index (χ1) is 6.66. The Labute approximate surface area is 85.3 Å². The molecule has 0 saturated heterocycles. The van der Waals surface area contributed by atoms with Crippen LogP contribution in [0.25, 0.3) is 0 Å². The van der Waals surface area contributed by atoms with Crippen LogP contribution in [0.3, 0.4) is 0 Å². The van der Waals surface area contributed by atoms with Gasteiger partial charge in [0.05, 0.1) is 12.4 Å². The summed E-state index contributed by atoms with van der Waals surface area (Å²) in [5, 5.41) is 8.07. The number of hydrogen-bond donors (Lipinski definition) is 1. The van der Waals surface area contributed by atoms with Gasteiger partial charge in [0.2, 0.25) is 0 Å². The highest BCUT2D eigenvalue weighted by molar-refractivity contribution is 6.29. The highest BCUT2D eigenvalue weighted by atomic mass is 35.5. The maximum absolute atomic E-state index is 5.83. The quantitative estimate of drug-likeness (QED) is 0.777. The van der Waals surface area contributed by atoms with E-state index in [2.05, 4.69) is 15.3 Å². The molecule has 2 rings (SSSR count). The molecule has 0 bridgehead atoms. The maximum Gasteiger partial charge on any atom is 0.165 e. The van der Waals surface area contributed by atoms with Gasteiger partial charge in [-0.25, -0.2) is 9.67 Å². The zero-order chi connectivity index (χ0) is 10.1. The minimum atomic E-state index is 0.394. The normalized spacial score (nSPS) is 10.7. The van der Waals surface area contributed by atoms with E-state index in [0.29, 0.717) is 17.5 Å². The molecule has 0 radical (unpaired) electrons. The lowest BCUT2D eigenvalue weighted by atomic mass is 10.6. The molecule has 0 aliphatic carbocycles. The predicted octanol–water partition coefficient (Wildman–Crippen LogP) is 0.295. The molecule has 2 aromatic heterocycles. The van der Waals surface area contributed by atoms with Crippen LogP contribution in [0.1, 0.15) is 5.82 Å². The third-order valence-electron chi connectivity index (χ3n) is 1.89. The van der Waals surface area contributed by atoms with Gasteiger partial charge in [0.15, 0.2) is 5.82 Å². The highest BCUT2D eigenvalue weighted by Gasteiger charge is 2.05. The van der Waals surface area contributed by atoms with E-state index in [-0.39, 0.29) is 0 Å². The van der Waals surface area contributed by atoms with Crippen molar-refractivity contribution in [2.45, 2.75) is 6.54 Å². The third-order valence-corrected chi connectivity index (χ3v) is 2.24. The largest absolute Gasteiger partial charge is 0.381 e. The fourth-order valence-electron chi connectivity index (χ4n) is 1.11. The lowest BCUT2D eigenvalue weighted by molar-refractivity contribution is 0.607. The van der Waals surface area contributed by atoms with Crippen LogP contribution in [0.4, 0.5) is 5.82 Å². The average Bonchev–Trinajstić information content (AvgIpc) is 2.67. The highest BCUT2D eigenvalue weighted by Crippen LogP contribution is 2.09. The van der Waals surface area contributed by atoms with Gasteiger partial charge in [-0.3, -0.25) is 0 Å². The van der Waals surface area contributed by atoms with Crippen molar-refractivity contribution >= 4 is 17.4 Å². The Kier molecular flexibility index (Phi) is 2.12. The predicted molar refractivity (Wildman–Crippen MR) is 51.8 cm³/mol. The SMILES string of the molecule is Cn1c(Cl)cnc1Cn1cc(N)nn1. The van der Waals surface area contributed by atoms with Gasteiger partial charge < -0.3 is 10.3 Å². The summed E-state index contributed by atoms with van der Waals surface area (Å²) >= 11 is 5.83. The van der Waals surface area contributed by atoms with E-state index in [1.807, 2.05) is 7.05 Å². The second kappa shape index (κ2) is 3.30. The molecule has 0 spiro atoms. The Morgan fingerprint density at radius 1 is 1.57 bits per heavy atom. The number of hydrogen-bond acceptors (Lipinski definition) is 4. The molecule has 6 nitrogen and oxygen atoms in total. The van der Waals surface area contributed by atoms with Gasteiger partial charge in [-0.1, -0.05) is 16.8 Å². The summed E-state index contributed by atoms with van der Waals surface area (Å²) in [5.74, 6) is 1.20. The van der Waals surface area contributed by atoms with Gasteiger partial charge in [0, 0.05) is 7.05 Å². The zero-order valence-corrected chi connectivity index (χ0v) is 8.31. The smallest absolute Gasteiger partial charge is 0.165 e. The first kappa shape index (κ1) is 9.01. The summed E-state index contributed by atoms with van der Waals surface area (Å²) in [4.78, 5) is 4.12. The molecule has 0 aromatic carbocycles. The standard InChI is InChI=1S/C7H9ClN6/c1-13-5(8)2-10-7(13)4-14-3-6(9)11-12-14/h2-3H,4,9H2,1H3. The van der Waals surface area contributed by atoms with Crippen molar-refractivity contribution in [2.75, 3.05) is 5.73 Å². The Morgan fingerprint density at radius 2 is 2.36 bits per heavy atom. The van der Waals surface area contributed by atoms with Crippen LogP contribution in [0.5, 0.6) is 0 Å². The van der Waals surface area contributed by atoms with Gasteiger partial charge >= 0.3 is 0 Å². The second-order valence-corrected chi connectivity index (χ2v) is 3.28. The molecule has 0 fully saturated rings. The number of imidazole rings is 1. The number of nitrogen functional groups attached to an aromatic ring is 1. The molecule has 2 aromatic rings. The fourth-order valence-corrected chi connectivity index (χ4v) is 1.25. The molecule has 0 unspecified atom stereocenters. The van der Waals surface area contributed by atoms with Crippen LogP contribution < -0.4 is 5.73 Å². The van der Waals surface area contributed by atoms with Crippen LogP contribution in [0, 0.1) is 0 Å². The Morgan fingerprint density at radius 3 is 2.86 bits per heavy atom. The molecular formula is C7H9ClN6. The topological polar surface area (TPSA) is 74.5 Å². The molecule has 0 aliphatic heterocycles. The first-order valence-electron chi connectivity index (χ1n) is 3.98. The van der Waals surface area contributed by atoms with Crippen LogP contribution in [-0.4, -0.2) is 24.5 Å². The first-order valence-corrected chi connectivity index (χ1v) is 4.36. The van der Waals surface area contributed by atoms with Crippen molar-refractivity contribution in [3.63, 3.8) is 0 Å². The van der Waals surface area contributed by atoms with Crippen molar-refractivity contribution in [3.05, 3.63) is 23.4 Å². The van der Waals surface area contributed by atoms with E-state index in [1.165, 1.54) is 0 Å². The minimum absolute atomic E-state index is 0.394. The summed E-state index contributed by atoms with van der Waals surface area (Å²) in [7, 11) is 1.84. The van der Waals surface area contributed by atoms with Gasteiger partial charge in [0.1, 0.15) is 17.5 Å². The van der Waals surface area contributed by atoms with E-state index in [9.17, 15) is 0 Å². The van der Waals surface area contributed by atoms with Crippen molar-refractivity contribution in [2.24, 2.45) is 7.05 Å². The number of rotatable bonds is 2. The lowest BCUT2D eigenvalue weighted by Gasteiger charge is -2.01. The van der Waals surface area contributed by atoms with Gasteiger partial charge in [-0.05, 0) is 0 Å². The van der Waals surface area contributed by atoms with E-state index in [0.717, 1.165) is 5.82 Å². The van der Waals surface area contributed by atoms with Crippen molar-refractivity contribution < 1.29 is 0 Å². The molecule has 2 N–H and O–H groups in total. The Hall–Kier alpha value is -1.56. The van der Waals surface area contributed by atoms with Gasteiger partial charge in [-0.15, -0.1) is 5.10 Å². The molecule has 2 heterocycles. The Balaban J connectivity index is 2.22. The maximum atomic E-state index is 5.83. The third kappa shape index (κ3) is 1.56.